The number of hydrogen-bond donors (Lipinski definition) is 2. The highest BCUT2D eigenvalue weighted by Crippen LogP contribution is 2.27. The third-order valence-electron chi connectivity index (χ3n) is 2.48. The van der Waals surface area contributed by atoms with E-state index in [9.17, 15) is 5.11 Å². The van der Waals surface area contributed by atoms with E-state index in [1.165, 1.54) is 0 Å². The summed E-state index contributed by atoms with van der Waals surface area (Å²) in [5.41, 5.74) is 4.72. The fourth-order valence-electron chi connectivity index (χ4n) is 1.49. The van der Waals surface area contributed by atoms with Gasteiger partial charge in [0.25, 0.3) is 6.71 Å². The first-order valence-corrected chi connectivity index (χ1v) is 4.02. The molecule has 0 saturated carbocycles. The Morgan fingerprint density at radius 1 is 1.55 bits per heavy atom. The van der Waals surface area contributed by atoms with Crippen molar-refractivity contribution in [3.05, 3.63) is 0 Å². The van der Waals surface area contributed by atoms with Crippen LogP contribution in [0, 0.1) is 11.2 Å². The predicted molar refractivity (Wildman–Crippen MR) is 44.2 cm³/mol. The highest BCUT2D eigenvalue weighted by atomic mass is 16.3. The molecule has 1 saturated heterocycles. The first-order valence-electron chi connectivity index (χ1n) is 4.02. The van der Waals surface area contributed by atoms with Gasteiger partial charge >= 0.3 is 0 Å². The minimum absolute atomic E-state index is 0.141. The molecule has 0 aromatic rings. The number of rotatable bonds is 1. The van der Waals surface area contributed by atoms with E-state index in [1.807, 2.05) is 0 Å². The number of nitrogens with zero attached hydrogens (tertiary/aromatic N) is 1. The molecule has 0 bridgehead atoms. The molecule has 0 atom stereocenters. The molecule has 0 aliphatic carbocycles. The summed E-state index contributed by atoms with van der Waals surface area (Å²) in [7, 11) is 0. The highest BCUT2D eigenvalue weighted by molar-refractivity contribution is 6.67. The lowest BCUT2D eigenvalue weighted by Crippen LogP contribution is -2.42. The van der Waals surface area contributed by atoms with E-state index in [2.05, 4.69) is 5.97 Å². The maximum absolute atomic E-state index is 9.66. The summed E-state index contributed by atoms with van der Waals surface area (Å²) < 4.78 is 0. The number of aliphatic hydroxyl groups is 1. The molecule has 3 N–H and O–H groups in total. The Morgan fingerprint density at radius 3 is 2.45 bits per heavy atom. The quantitative estimate of drug-likeness (QED) is 0.520. The molecular formula is C7H13BN2O. The van der Waals surface area contributed by atoms with Gasteiger partial charge in [-0.1, -0.05) is 12.6 Å². The molecule has 0 spiro atoms. The fourth-order valence-corrected chi connectivity index (χ4v) is 1.49. The van der Waals surface area contributed by atoms with Crippen molar-refractivity contribution >= 4 is 6.71 Å². The van der Waals surface area contributed by atoms with Crippen LogP contribution in [-0.2, 0) is 0 Å². The van der Waals surface area contributed by atoms with Crippen LogP contribution in [0.1, 0.15) is 12.8 Å². The Bertz CT molecular complexity index is 170. The SMILES string of the molecule is N#CB1CCC(O)(CN)CC1. The van der Waals surface area contributed by atoms with Gasteiger partial charge in [-0.2, -0.15) is 0 Å². The normalized spacial score (nSPS) is 22.8. The average Bonchev–Trinajstić information content (AvgIpc) is 2.06. The molecule has 1 rings (SSSR count). The molecule has 0 aromatic heterocycles. The van der Waals surface area contributed by atoms with Gasteiger partial charge in [0.15, 0.2) is 0 Å². The van der Waals surface area contributed by atoms with Gasteiger partial charge in [-0.15, -0.1) is 0 Å². The number of nitriles is 1. The van der Waals surface area contributed by atoms with Gasteiger partial charge in [0.05, 0.1) is 5.60 Å². The molecule has 3 nitrogen and oxygen atoms in total. The molecule has 11 heavy (non-hydrogen) atoms. The van der Waals surface area contributed by atoms with E-state index in [1.54, 1.807) is 0 Å². The molecule has 1 heterocycles. The molecule has 1 aliphatic heterocycles. The fraction of sp³-hybridized carbons (Fsp3) is 0.857. The maximum Gasteiger partial charge on any atom is 0.268 e. The summed E-state index contributed by atoms with van der Waals surface area (Å²) in [6, 6.07) is 0. The summed E-state index contributed by atoms with van der Waals surface area (Å²) in [6.07, 6.45) is 2.96. The van der Waals surface area contributed by atoms with Gasteiger partial charge in [-0.25, -0.2) is 5.26 Å². The Balaban J connectivity index is 2.42. The largest absolute Gasteiger partial charge is 0.389 e. The lowest BCUT2D eigenvalue weighted by molar-refractivity contribution is 0.0370. The van der Waals surface area contributed by atoms with E-state index < -0.39 is 5.60 Å². The Labute approximate surface area is 67.3 Å². The van der Waals surface area contributed by atoms with Crippen LogP contribution in [0.5, 0.6) is 0 Å². The molecule has 4 heteroatoms. The van der Waals surface area contributed by atoms with Crippen LogP contribution in [0.25, 0.3) is 0 Å². The predicted octanol–water partition coefficient (Wildman–Crippen LogP) is 0.0276. The summed E-state index contributed by atoms with van der Waals surface area (Å²) in [5.74, 6) is 2.21. The molecular weight excluding hydrogens is 139 g/mol. The van der Waals surface area contributed by atoms with Gasteiger partial charge in [0.2, 0.25) is 0 Å². The topological polar surface area (TPSA) is 70.0 Å². The van der Waals surface area contributed by atoms with Gasteiger partial charge in [0.1, 0.15) is 0 Å². The van der Waals surface area contributed by atoms with E-state index in [0.717, 1.165) is 12.6 Å². The molecule has 1 fully saturated rings. The molecule has 0 amide bonds. The van der Waals surface area contributed by atoms with Crippen LogP contribution in [0.15, 0.2) is 0 Å². The second-order valence-electron chi connectivity index (χ2n) is 3.33. The molecule has 0 radical (unpaired) electrons. The number of hydrogen-bond acceptors (Lipinski definition) is 3. The van der Waals surface area contributed by atoms with Crippen molar-refractivity contribution < 1.29 is 5.11 Å². The van der Waals surface area contributed by atoms with Crippen LogP contribution in [0.3, 0.4) is 0 Å². The Morgan fingerprint density at radius 2 is 2.09 bits per heavy atom. The zero-order valence-electron chi connectivity index (χ0n) is 6.58. The van der Waals surface area contributed by atoms with Crippen LogP contribution in [0.2, 0.25) is 12.6 Å². The summed E-state index contributed by atoms with van der Waals surface area (Å²) in [6.45, 7) is 0.465. The van der Waals surface area contributed by atoms with Gasteiger partial charge < -0.3 is 10.8 Å². The summed E-state index contributed by atoms with van der Waals surface area (Å²) >= 11 is 0. The first-order chi connectivity index (χ1) is 5.20. The van der Waals surface area contributed by atoms with Crippen molar-refractivity contribution in [3.8, 4) is 5.97 Å². The Hall–Kier alpha value is -0.525. The minimum atomic E-state index is -0.673. The Kier molecular flexibility index (Phi) is 2.53. The van der Waals surface area contributed by atoms with Crippen LogP contribution in [0.4, 0.5) is 0 Å². The van der Waals surface area contributed by atoms with Gasteiger partial charge in [-0.05, 0) is 12.8 Å². The standard InChI is InChI=1S/C7H13BN2O/c9-5-7(11)1-3-8(6-10)4-2-7/h11H,1-5,9H2. The van der Waals surface area contributed by atoms with Crippen molar-refractivity contribution in [1.29, 1.82) is 5.26 Å². The van der Waals surface area contributed by atoms with E-state index in [4.69, 9.17) is 11.0 Å². The zero-order valence-corrected chi connectivity index (χ0v) is 6.58. The summed E-state index contributed by atoms with van der Waals surface area (Å²) in [5, 5.41) is 18.2. The lowest BCUT2D eigenvalue weighted by atomic mass is 9.41. The van der Waals surface area contributed by atoms with Crippen molar-refractivity contribution in [2.75, 3.05) is 6.54 Å². The van der Waals surface area contributed by atoms with Crippen molar-refractivity contribution in [3.63, 3.8) is 0 Å². The van der Waals surface area contributed by atoms with Crippen molar-refractivity contribution in [1.82, 2.24) is 0 Å². The van der Waals surface area contributed by atoms with E-state index in [0.29, 0.717) is 19.4 Å². The second-order valence-corrected chi connectivity index (χ2v) is 3.33. The van der Waals surface area contributed by atoms with Gasteiger partial charge in [0, 0.05) is 12.5 Å². The molecule has 1 aliphatic rings. The third-order valence-corrected chi connectivity index (χ3v) is 2.48. The monoisotopic (exact) mass is 152 g/mol. The maximum atomic E-state index is 9.66. The van der Waals surface area contributed by atoms with Crippen molar-refractivity contribution in [2.45, 2.75) is 31.1 Å². The van der Waals surface area contributed by atoms with Gasteiger partial charge in [-0.3, -0.25) is 0 Å². The zero-order chi connectivity index (χ0) is 8.32. The number of nitrogens with two attached hydrogens (primary N) is 1. The summed E-state index contributed by atoms with van der Waals surface area (Å²) in [4.78, 5) is 0. The third kappa shape index (κ3) is 1.95. The minimum Gasteiger partial charge on any atom is -0.389 e. The van der Waals surface area contributed by atoms with Crippen LogP contribution >= 0.6 is 0 Å². The smallest absolute Gasteiger partial charge is 0.268 e. The van der Waals surface area contributed by atoms with E-state index in [-0.39, 0.29) is 6.71 Å². The van der Waals surface area contributed by atoms with Crippen LogP contribution in [-0.4, -0.2) is 24.0 Å². The van der Waals surface area contributed by atoms with E-state index >= 15 is 0 Å². The average molecular weight is 152 g/mol. The second kappa shape index (κ2) is 3.25. The molecule has 60 valence electrons. The van der Waals surface area contributed by atoms with Crippen molar-refractivity contribution in [2.24, 2.45) is 5.73 Å². The van der Waals surface area contributed by atoms with Crippen LogP contribution < -0.4 is 5.73 Å². The molecule has 0 unspecified atom stereocenters. The molecule has 0 aromatic carbocycles. The highest BCUT2D eigenvalue weighted by Gasteiger charge is 2.33. The lowest BCUT2D eigenvalue weighted by Gasteiger charge is -2.31. The first kappa shape index (κ1) is 8.57.